The normalized spacial score (nSPS) is 20.5. The number of nitrogens with one attached hydrogen (secondary N) is 2. The van der Waals surface area contributed by atoms with Crippen LogP contribution in [-0.2, 0) is 4.79 Å². The average molecular weight is 887 g/mol. The number of Topliss-reactive ketones (excluding diaryl/α,β-unsaturated/α-hetero) is 1. The Morgan fingerprint density at radius 1 is 0.694 bits per heavy atom. The Labute approximate surface area is 349 Å². The van der Waals surface area contributed by atoms with Crippen molar-refractivity contribution in [3.8, 4) is 11.5 Å². The fourth-order valence-electron chi connectivity index (χ4n) is 7.96. The zero-order valence-corrected chi connectivity index (χ0v) is 33.3. The number of anilines is 4. The van der Waals surface area contributed by atoms with Crippen LogP contribution in [0.2, 0.25) is 0 Å². The Morgan fingerprint density at radius 2 is 1.08 bits per heavy atom. The van der Waals surface area contributed by atoms with Crippen LogP contribution in [-0.4, -0.2) is 88.4 Å². The maximum atomic E-state index is 15.8. The zero-order chi connectivity index (χ0) is 45.2. The molecule has 21 heteroatoms. The standard InChI is InChI=1S/C41H44F10N8O3/c1-23-3-5-25(56-33-17-29(9-13-54-33)61-40(46,47)48)15-31(23)35(58-21-38(42,43)11-7-27(58)19-52)37(60)36(59-22-39(44,45)12-8-28(59)20-53)32-16-26(6-4-24(32)2)57-34-18-30(10-14-55-34)62-41(49,50)51/h3-6,9-10,13-18,27-28,35-36H,7-8,11-12,19-22,52-53H2,1-2H3,(H,54,56)(H,55,57)/t27?,28?,35-,36-/m1/s1. The third-order valence-electron chi connectivity index (χ3n) is 10.8. The van der Waals surface area contributed by atoms with Crippen LogP contribution in [0, 0.1) is 13.8 Å². The molecule has 0 amide bonds. The van der Waals surface area contributed by atoms with Gasteiger partial charge in [-0.2, -0.15) is 0 Å². The zero-order valence-electron chi connectivity index (χ0n) is 33.3. The highest BCUT2D eigenvalue weighted by atomic mass is 19.4. The third-order valence-corrected chi connectivity index (χ3v) is 10.8. The van der Waals surface area contributed by atoms with Crippen LogP contribution in [0.25, 0.3) is 0 Å². The number of likely N-dealkylation sites (tertiary alicyclic amines) is 2. The molecular weight excluding hydrogens is 842 g/mol. The monoisotopic (exact) mass is 886 g/mol. The van der Waals surface area contributed by atoms with Crippen molar-refractivity contribution < 1.29 is 58.2 Å². The Kier molecular flexibility index (Phi) is 13.6. The number of nitrogens with zero attached hydrogens (tertiary/aromatic N) is 4. The first-order valence-electron chi connectivity index (χ1n) is 19.4. The van der Waals surface area contributed by atoms with Gasteiger partial charge >= 0.3 is 12.7 Å². The molecule has 2 saturated heterocycles. The van der Waals surface area contributed by atoms with Crippen LogP contribution in [0.15, 0.2) is 73.1 Å². The molecule has 6 N–H and O–H groups in total. The summed E-state index contributed by atoms with van der Waals surface area (Å²) in [4.78, 5) is 26.5. The number of alkyl halides is 10. The second-order valence-electron chi connectivity index (χ2n) is 15.4. The number of aryl methyl sites for hydroxylation is 2. The van der Waals surface area contributed by atoms with Crippen LogP contribution >= 0.6 is 0 Å². The molecule has 336 valence electrons. The number of halogens is 10. The summed E-state index contributed by atoms with van der Waals surface area (Å²) in [6.45, 7) is 1.03. The third kappa shape index (κ3) is 11.6. The molecule has 2 aliphatic heterocycles. The SMILES string of the molecule is Cc1ccc(Nc2cc(OC(F)(F)F)ccn2)cc1[C@H](C(=O)[C@@H](c1cc(Nc2cc(OC(F)(F)F)ccn2)ccc1C)N1CC(F)(F)CCC1CN)N1CC(F)(F)CCC1CN. The maximum absolute atomic E-state index is 15.8. The molecule has 6 rings (SSSR count). The lowest BCUT2D eigenvalue weighted by molar-refractivity contribution is -0.275. The lowest BCUT2D eigenvalue weighted by Crippen LogP contribution is -2.58. The Bertz CT molecular complexity index is 2060. The smallest absolute Gasteiger partial charge is 0.406 e. The van der Waals surface area contributed by atoms with E-state index in [0.717, 1.165) is 36.7 Å². The Morgan fingerprint density at radius 3 is 1.44 bits per heavy atom. The van der Waals surface area contributed by atoms with Gasteiger partial charge in [-0.25, -0.2) is 27.5 Å². The number of pyridine rings is 2. The molecule has 4 aromatic rings. The topological polar surface area (TPSA) is 144 Å². The van der Waals surface area contributed by atoms with E-state index < -0.39 is 92.0 Å². The largest absolute Gasteiger partial charge is 0.573 e. The lowest BCUT2D eigenvalue weighted by Gasteiger charge is -2.48. The van der Waals surface area contributed by atoms with E-state index in [1.807, 2.05) is 0 Å². The number of hydrogen-bond acceptors (Lipinski definition) is 11. The van der Waals surface area contributed by atoms with Crippen LogP contribution < -0.4 is 31.6 Å². The molecule has 0 radical (unpaired) electrons. The van der Waals surface area contributed by atoms with Gasteiger partial charge in [-0.15, -0.1) is 26.3 Å². The molecule has 2 aromatic heterocycles. The van der Waals surface area contributed by atoms with E-state index in [-0.39, 0.29) is 60.1 Å². The minimum absolute atomic E-state index is 0.0992. The summed E-state index contributed by atoms with van der Waals surface area (Å²) in [5.41, 5.74) is 13.9. The van der Waals surface area contributed by atoms with Crippen molar-refractivity contribution in [3.05, 3.63) is 95.3 Å². The molecular formula is C41H44F10N8O3. The summed E-state index contributed by atoms with van der Waals surface area (Å²) < 4.78 is 148. The molecule has 4 heterocycles. The highest BCUT2D eigenvalue weighted by Crippen LogP contribution is 2.45. The number of piperidine rings is 2. The van der Waals surface area contributed by atoms with E-state index in [1.165, 1.54) is 34.1 Å². The highest BCUT2D eigenvalue weighted by molar-refractivity contribution is 5.92. The van der Waals surface area contributed by atoms with Gasteiger partial charge in [0.25, 0.3) is 11.8 Å². The second-order valence-corrected chi connectivity index (χ2v) is 15.4. The fourth-order valence-corrected chi connectivity index (χ4v) is 7.96. The summed E-state index contributed by atoms with van der Waals surface area (Å²) in [6.07, 6.45) is -9.20. The first-order chi connectivity index (χ1) is 29.0. The number of carbonyl (C=O) groups is 1. The Hall–Kier alpha value is -5.25. The molecule has 2 fully saturated rings. The molecule has 2 aliphatic rings. The van der Waals surface area contributed by atoms with E-state index in [2.05, 4.69) is 30.1 Å². The predicted octanol–water partition coefficient (Wildman–Crippen LogP) is 8.85. The number of rotatable bonds is 14. The van der Waals surface area contributed by atoms with Gasteiger partial charge in [0, 0.05) is 73.9 Å². The van der Waals surface area contributed by atoms with Crippen LogP contribution in [0.3, 0.4) is 0 Å². The van der Waals surface area contributed by atoms with E-state index in [9.17, 15) is 26.3 Å². The lowest BCUT2D eigenvalue weighted by atomic mass is 9.83. The highest BCUT2D eigenvalue weighted by Gasteiger charge is 2.50. The van der Waals surface area contributed by atoms with Gasteiger partial charge in [-0.1, -0.05) is 12.1 Å². The number of ether oxygens (including phenoxy) is 2. The second kappa shape index (κ2) is 18.2. The maximum Gasteiger partial charge on any atom is 0.573 e. The van der Waals surface area contributed by atoms with Gasteiger partial charge < -0.3 is 31.6 Å². The van der Waals surface area contributed by atoms with Gasteiger partial charge in [-0.3, -0.25) is 14.6 Å². The average Bonchev–Trinajstić information content (AvgIpc) is 3.16. The molecule has 4 atom stereocenters. The van der Waals surface area contributed by atoms with Crippen molar-refractivity contribution in [3.63, 3.8) is 0 Å². The molecule has 0 bridgehead atoms. The molecule has 2 aromatic carbocycles. The van der Waals surface area contributed by atoms with Crippen molar-refractivity contribution in [2.75, 3.05) is 36.8 Å². The summed E-state index contributed by atoms with van der Waals surface area (Å²) >= 11 is 0. The van der Waals surface area contributed by atoms with Crippen LogP contribution in [0.5, 0.6) is 11.5 Å². The van der Waals surface area contributed by atoms with Crippen molar-refractivity contribution in [2.45, 2.75) is 88.3 Å². The molecule has 0 aliphatic carbocycles. The number of hydrogen-bond donors (Lipinski definition) is 4. The molecule has 0 saturated carbocycles. The van der Waals surface area contributed by atoms with Crippen molar-refractivity contribution in [1.82, 2.24) is 19.8 Å². The van der Waals surface area contributed by atoms with E-state index >= 15 is 22.4 Å². The van der Waals surface area contributed by atoms with E-state index in [1.54, 1.807) is 26.0 Å². The molecule has 0 spiro atoms. The van der Waals surface area contributed by atoms with Gasteiger partial charge in [0.05, 0.1) is 25.2 Å². The first kappa shape index (κ1) is 46.3. The van der Waals surface area contributed by atoms with Gasteiger partial charge in [0.15, 0.2) is 5.78 Å². The molecule has 2 unspecified atom stereocenters. The van der Waals surface area contributed by atoms with Crippen molar-refractivity contribution in [1.29, 1.82) is 0 Å². The van der Waals surface area contributed by atoms with Crippen LogP contribution in [0.4, 0.5) is 66.9 Å². The summed E-state index contributed by atoms with van der Waals surface area (Å²) in [6, 6.07) is 8.23. The predicted molar refractivity (Wildman–Crippen MR) is 209 cm³/mol. The fraction of sp³-hybridized carbons (Fsp3) is 0.439. The van der Waals surface area contributed by atoms with Gasteiger partial charge in [-0.05, 0) is 85.3 Å². The van der Waals surface area contributed by atoms with E-state index in [4.69, 9.17) is 11.5 Å². The Balaban J connectivity index is 1.50. The molecule has 11 nitrogen and oxygen atoms in total. The minimum Gasteiger partial charge on any atom is -0.406 e. The quantitative estimate of drug-likeness (QED) is 0.0903. The number of benzene rings is 2. The van der Waals surface area contributed by atoms with E-state index in [0.29, 0.717) is 11.1 Å². The summed E-state index contributed by atoms with van der Waals surface area (Å²) in [5, 5.41) is 5.74. The number of nitrogens with two attached hydrogens (primary N) is 2. The number of carbonyl (C=O) groups excluding carboxylic acids is 1. The summed E-state index contributed by atoms with van der Waals surface area (Å²) in [5.74, 6) is -8.77. The van der Waals surface area contributed by atoms with Crippen molar-refractivity contribution in [2.24, 2.45) is 11.5 Å². The van der Waals surface area contributed by atoms with Gasteiger partial charge in [0.1, 0.15) is 23.1 Å². The minimum atomic E-state index is -5.00. The number of aromatic nitrogens is 2. The first-order valence-corrected chi connectivity index (χ1v) is 19.4. The summed E-state index contributed by atoms with van der Waals surface area (Å²) in [7, 11) is 0. The van der Waals surface area contributed by atoms with Gasteiger partial charge in [0.2, 0.25) is 0 Å². The van der Waals surface area contributed by atoms with Crippen molar-refractivity contribution >= 4 is 28.8 Å². The number of ketones is 1. The van der Waals surface area contributed by atoms with Crippen LogP contribution in [0.1, 0.15) is 60.0 Å². The molecule has 62 heavy (non-hydrogen) atoms.